The predicted molar refractivity (Wildman–Crippen MR) is 117 cm³/mol. The third-order valence-corrected chi connectivity index (χ3v) is 6.74. The predicted octanol–water partition coefficient (Wildman–Crippen LogP) is 1.69. The molecular formula is C20H32N6OS. The maximum Gasteiger partial charge on any atom is 0.220 e. The molecule has 28 heavy (non-hydrogen) atoms. The molecular weight excluding hydrogens is 372 g/mol. The Morgan fingerprint density at radius 1 is 1.39 bits per heavy atom. The van der Waals surface area contributed by atoms with Gasteiger partial charge in [-0.1, -0.05) is 6.07 Å². The second kappa shape index (κ2) is 9.03. The number of hydrogen-bond acceptors (Lipinski definition) is 5. The van der Waals surface area contributed by atoms with E-state index in [2.05, 4.69) is 45.0 Å². The average molecular weight is 405 g/mol. The topological polar surface area (TPSA) is 86.9 Å². The third kappa shape index (κ3) is 5.10. The molecule has 2 saturated heterocycles. The molecule has 1 aromatic heterocycles. The molecule has 2 aliphatic heterocycles. The zero-order valence-corrected chi connectivity index (χ0v) is 18.0. The first kappa shape index (κ1) is 20.8. The minimum Gasteiger partial charge on any atom is -0.369 e. The summed E-state index contributed by atoms with van der Waals surface area (Å²) >= 11 is 2.02. The molecule has 0 radical (unpaired) electrons. The third-order valence-electron chi connectivity index (χ3n) is 5.44. The van der Waals surface area contributed by atoms with Crippen molar-refractivity contribution >= 4 is 29.4 Å². The van der Waals surface area contributed by atoms with Crippen molar-refractivity contribution < 1.29 is 4.79 Å². The van der Waals surface area contributed by atoms with Gasteiger partial charge in [-0.05, 0) is 32.8 Å². The molecule has 0 spiro atoms. The molecule has 3 N–H and O–H groups in total. The molecule has 1 amide bonds. The Hall–Kier alpha value is -1.96. The molecule has 0 aliphatic carbocycles. The molecule has 2 aliphatic rings. The number of piperidine rings is 1. The number of nitrogens with one attached hydrogen (secondary N) is 1. The summed E-state index contributed by atoms with van der Waals surface area (Å²) in [5, 5.41) is 3.53. The number of primary amides is 1. The van der Waals surface area contributed by atoms with E-state index in [1.807, 2.05) is 31.1 Å². The highest BCUT2D eigenvalue weighted by molar-refractivity contribution is 8.00. The van der Waals surface area contributed by atoms with Crippen molar-refractivity contribution in [3.8, 4) is 0 Å². The van der Waals surface area contributed by atoms with Crippen molar-refractivity contribution in [1.29, 1.82) is 0 Å². The van der Waals surface area contributed by atoms with Crippen LogP contribution in [-0.4, -0.2) is 65.5 Å². The Morgan fingerprint density at radius 3 is 2.79 bits per heavy atom. The molecule has 2 fully saturated rings. The lowest BCUT2D eigenvalue weighted by molar-refractivity contribution is -0.122. The van der Waals surface area contributed by atoms with Crippen molar-refractivity contribution in [2.24, 2.45) is 16.6 Å². The average Bonchev–Trinajstić information content (AvgIpc) is 2.68. The molecule has 0 bridgehead atoms. The van der Waals surface area contributed by atoms with Gasteiger partial charge in [-0.25, -0.2) is 4.98 Å². The van der Waals surface area contributed by atoms with E-state index in [0.29, 0.717) is 6.54 Å². The van der Waals surface area contributed by atoms with E-state index in [1.54, 1.807) is 0 Å². The number of pyridine rings is 1. The fourth-order valence-corrected chi connectivity index (χ4v) is 5.04. The summed E-state index contributed by atoms with van der Waals surface area (Å²) in [6.45, 7) is 8.85. The minimum atomic E-state index is -0.186. The van der Waals surface area contributed by atoms with E-state index < -0.39 is 0 Å². The SMILES string of the molecule is CN=C(NCc1cccnc1N1CCC(C(N)=O)CC1)N1CCSC(C)(C)C1. The van der Waals surface area contributed by atoms with Gasteiger partial charge in [-0.15, -0.1) is 0 Å². The van der Waals surface area contributed by atoms with Crippen LogP contribution < -0.4 is 16.0 Å². The Bertz CT molecular complexity index is 714. The van der Waals surface area contributed by atoms with E-state index in [0.717, 1.165) is 62.1 Å². The number of carbonyl (C=O) groups is 1. The normalized spacial score (nSPS) is 20.9. The number of carbonyl (C=O) groups excluding carboxylic acids is 1. The van der Waals surface area contributed by atoms with E-state index in [4.69, 9.17) is 5.73 Å². The van der Waals surface area contributed by atoms with Gasteiger partial charge in [0, 0.05) is 67.9 Å². The first-order valence-corrected chi connectivity index (χ1v) is 11.0. The summed E-state index contributed by atoms with van der Waals surface area (Å²) < 4.78 is 0.236. The fourth-order valence-electron chi connectivity index (χ4n) is 3.93. The van der Waals surface area contributed by atoms with Crippen LogP contribution in [0.5, 0.6) is 0 Å². The summed E-state index contributed by atoms with van der Waals surface area (Å²) in [6.07, 6.45) is 3.42. The summed E-state index contributed by atoms with van der Waals surface area (Å²) in [5.41, 5.74) is 6.61. The van der Waals surface area contributed by atoms with Crippen molar-refractivity contribution in [2.75, 3.05) is 43.9 Å². The Morgan fingerprint density at radius 2 is 2.14 bits per heavy atom. The molecule has 3 heterocycles. The monoisotopic (exact) mass is 404 g/mol. The summed E-state index contributed by atoms with van der Waals surface area (Å²) in [6, 6.07) is 4.08. The van der Waals surface area contributed by atoms with Gasteiger partial charge in [-0.3, -0.25) is 9.79 Å². The fraction of sp³-hybridized carbons (Fsp3) is 0.650. The molecule has 7 nitrogen and oxygen atoms in total. The van der Waals surface area contributed by atoms with Gasteiger partial charge in [0.25, 0.3) is 0 Å². The summed E-state index contributed by atoms with van der Waals surface area (Å²) in [5.74, 6) is 2.84. The first-order chi connectivity index (χ1) is 13.4. The maximum atomic E-state index is 11.4. The van der Waals surface area contributed by atoms with Crippen LogP contribution in [0.25, 0.3) is 0 Å². The number of rotatable bonds is 4. The Balaban J connectivity index is 1.64. The summed E-state index contributed by atoms with van der Waals surface area (Å²) in [4.78, 5) is 25.2. The second-order valence-corrected chi connectivity index (χ2v) is 9.88. The zero-order chi connectivity index (χ0) is 20.1. The van der Waals surface area contributed by atoms with Gasteiger partial charge in [0.05, 0.1) is 0 Å². The second-order valence-electron chi connectivity index (χ2n) is 8.08. The molecule has 0 saturated carbocycles. The van der Waals surface area contributed by atoms with Crippen LogP contribution in [0.2, 0.25) is 0 Å². The van der Waals surface area contributed by atoms with Crippen molar-refractivity contribution in [3.63, 3.8) is 0 Å². The molecule has 8 heteroatoms. The molecule has 1 aromatic rings. The Kier molecular flexibility index (Phi) is 6.69. The van der Waals surface area contributed by atoms with Crippen LogP contribution in [0.15, 0.2) is 23.3 Å². The van der Waals surface area contributed by atoms with E-state index in [1.165, 1.54) is 0 Å². The van der Waals surface area contributed by atoms with Gasteiger partial charge in [0.2, 0.25) is 5.91 Å². The molecule has 0 aromatic carbocycles. The molecule has 0 unspecified atom stereocenters. The van der Waals surface area contributed by atoms with Gasteiger partial charge >= 0.3 is 0 Å². The largest absolute Gasteiger partial charge is 0.369 e. The van der Waals surface area contributed by atoms with Crippen LogP contribution in [0.4, 0.5) is 5.82 Å². The number of nitrogens with zero attached hydrogens (tertiary/aromatic N) is 4. The molecule has 0 atom stereocenters. The number of aromatic nitrogens is 1. The molecule has 154 valence electrons. The lowest BCUT2D eigenvalue weighted by Gasteiger charge is -2.39. The quantitative estimate of drug-likeness (QED) is 0.587. The van der Waals surface area contributed by atoms with E-state index in [-0.39, 0.29) is 16.6 Å². The van der Waals surface area contributed by atoms with Gasteiger partial charge < -0.3 is 20.9 Å². The number of thioether (sulfide) groups is 1. The lowest BCUT2D eigenvalue weighted by atomic mass is 9.96. The number of hydrogen-bond donors (Lipinski definition) is 2. The van der Waals surface area contributed by atoms with Crippen LogP contribution in [-0.2, 0) is 11.3 Å². The number of anilines is 1. The van der Waals surface area contributed by atoms with Crippen LogP contribution >= 0.6 is 11.8 Å². The minimum absolute atomic E-state index is 0.0132. The van der Waals surface area contributed by atoms with E-state index >= 15 is 0 Å². The van der Waals surface area contributed by atoms with Crippen LogP contribution in [0, 0.1) is 5.92 Å². The number of aliphatic imine (C=N–C) groups is 1. The van der Waals surface area contributed by atoms with Crippen LogP contribution in [0.3, 0.4) is 0 Å². The highest BCUT2D eigenvalue weighted by Crippen LogP contribution is 2.29. The number of guanidine groups is 1. The molecule has 3 rings (SSSR count). The highest BCUT2D eigenvalue weighted by atomic mass is 32.2. The lowest BCUT2D eigenvalue weighted by Crippen LogP contribution is -2.50. The highest BCUT2D eigenvalue weighted by Gasteiger charge is 2.29. The first-order valence-electron chi connectivity index (χ1n) is 9.97. The van der Waals surface area contributed by atoms with Crippen LogP contribution in [0.1, 0.15) is 32.3 Å². The maximum absolute atomic E-state index is 11.4. The zero-order valence-electron chi connectivity index (χ0n) is 17.1. The van der Waals surface area contributed by atoms with E-state index in [9.17, 15) is 4.79 Å². The Labute approximate surface area is 172 Å². The van der Waals surface area contributed by atoms with Crippen molar-refractivity contribution in [1.82, 2.24) is 15.2 Å². The summed E-state index contributed by atoms with van der Waals surface area (Å²) in [7, 11) is 1.84. The van der Waals surface area contributed by atoms with Gasteiger partial charge in [-0.2, -0.15) is 11.8 Å². The standard InChI is InChI=1S/C20H32N6OS/c1-20(2)14-26(11-12-28-20)19(22-3)24-13-16-5-4-8-23-18(16)25-9-6-15(7-10-25)17(21)27/h4-5,8,15H,6-7,9-14H2,1-3H3,(H2,21,27)(H,22,24). The number of nitrogens with two attached hydrogens (primary N) is 1. The van der Waals surface area contributed by atoms with Crippen molar-refractivity contribution in [3.05, 3.63) is 23.9 Å². The smallest absolute Gasteiger partial charge is 0.220 e. The number of amides is 1. The van der Waals surface area contributed by atoms with Gasteiger partial charge in [0.1, 0.15) is 5.82 Å². The van der Waals surface area contributed by atoms with Gasteiger partial charge in [0.15, 0.2) is 5.96 Å². The van der Waals surface area contributed by atoms with Crippen molar-refractivity contribution in [2.45, 2.75) is 38.0 Å².